The second-order valence-corrected chi connectivity index (χ2v) is 4.60. The SMILES string of the molecule is CCNC(=O)NC(CC(C)C)c1ccccc1. The molecule has 1 unspecified atom stereocenters. The molecule has 94 valence electrons. The Morgan fingerprint density at radius 1 is 1.24 bits per heavy atom. The molecule has 0 aromatic heterocycles. The molecule has 0 aliphatic carbocycles. The second kappa shape index (κ2) is 6.94. The molecule has 2 N–H and O–H groups in total. The molecule has 0 aliphatic heterocycles. The summed E-state index contributed by atoms with van der Waals surface area (Å²) in [5.74, 6) is 0.544. The number of urea groups is 1. The maximum atomic E-state index is 11.6. The van der Waals surface area contributed by atoms with Gasteiger partial charge in [-0.1, -0.05) is 44.2 Å². The summed E-state index contributed by atoms with van der Waals surface area (Å²) in [5.41, 5.74) is 1.16. The molecule has 0 aliphatic rings. The summed E-state index contributed by atoms with van der Waals surface area (Å²) in [6, 6.07) is 10.1. The van der Waals surface area contributed by atoms with Crippen LogP contribution >= 0.6 is 0 Å². The Kier molecular flexibility index (Phi) is 5.53. The first-order valence-electron chi connectivity index (χ1n) is 6.22. The van der Waals surface area contributed by atoms with E-state index in [9.17, 15) is 4.79 Å². The zero-order valence-corrected chi connectivity index (χ0v) is 10.9. The van der Waals surface area contributed by atoms with Crippen LogP contribution in [0.2, 0.25) is 0 Å². The van der Waals surface area contributed by atoms with Gasteiger partial charge in [-0.05, 0) is 24.8 Å². The third-order valence-corrected chi connectivity index (χ3v) is 2.55. The lowest BCUT2D eigenvalue weighted by atomic mass is 9.97. The van der Waals surface area contributed by atoms with Crippen LogP contribution in [0.1, 0.15) is 38.8 Å². The van der Waals surface area contributed by atoms with E-state index in [-0.39, 0.29) is 12.1 Å². The van der Waals surface area contributed by atoms with Crippen molar-refractivity contribution in [1.82, 2.24) is 10.6 Å². The molecule has 2 amide bonds. The fraction of sp³-hybridized carbons (Fsp3) is 0.500. The minimum atomic E-state index is -0.0954. The lowest BCUT2D eigenvalue weighted by Gasteiger charge is -2.21. The standard InChI is InChI=1S/C14H22N2O/c1-4-15-14(17)16-13(10-11(2)3)12-8-6-5-7-9-12/h5-9,11,13H,4,10H2,1-3H3,(H2,15,16,17). The zero-order valence-electron chi connectivity index (χ0n) is 10.9. The molecular formula is C14H22N2O. The van der Waals surface area contributed by atoms with Crippen LogP contribution in [0, 0.1) is 5.92 Å². The van der Waals surface area contributed by atoms with Gasteiger partial charge in [0, 0.05) is 6.54 Å². The molecule has 1 atom stereocenters. The molecule has 0 spiro atoms. The van der Waals surface area contributed by atoms with Crippen LogP contribution in [-0.4, -0.2) is 12.6 Å². The van der Waals surface area contributed by atoms with E-state index in [0.29, 0.717) is 12.5 Å². The van der Waals surface area contributed by atoms with Crippen LogP contribution in [0.15, 0.2) is 30.3 Å². The summed E-state index contributed by atoms with van der Waals surface area (Å²) in [4.78, 5) is 11.6. The van der Waals surface area contributed by atoms with Gasteiger partial charge in [0.15, 0.2) is 0 Å². The monoisotopic (exact) mass is 234 g/mol. The number of amides is 2. The highest BCUT2D eigenvalue weighted by atomic mass is 16.2. The molecule has 0 fully saturated rings. The van der Waals surface area contributed by atoms with Crippen LogP contribution in [0.25, 0.3) is 0 Å². The van der Waals surface area contributed by atoms with Gasteiger partial charge in [-0.3, -0.25) is 0 Å². The van der Waals surface area contributed by atoms with E-state index >= 15 is 0 Å². The third kappa shape index (κ3) is 4.89. The number of carbonyl (C=O) groups excluding carboxylic acids is 1. The van der Waals surface area contributed by atoms with E-state index in [4.69, 9.17) is 0 Å². The molecule has 1 aromatic carbocycles. The van der Waals surface area contributed by atoms with Crippen molar-refractivity contribution >= 4 is 6.03 Å². The average Bonchev–Trinajstić information content (AvgIpc) is 2.29. The molecule has 1 rings (SSSR count). The van der Waals surface area contributed by atoms with E-state index < -0.39 is 0 Å². The number of rotatable bonds is 5. The molecule has 3 nitrogen and oxygen atoms in total. The van der Waals surface area contributed by atoms with E-state index in [2.05, 4.69) is 36.6 Å². The molecular weight excluding hydrogens is 212 g/mol. The minimum absolute atomic E-state index is 0.0859. The van der Waals surface area contributed by atoms with Crippen LogP contribution in [0.5, 0.6) is 0 Å². The zero-order chi connectivity index (χ0) is 12.7. The maximum Gasteiger partial charge on any atom is 0.315 e. The molecule has 0 saturated carbocycles. The molecule has 3 heteroatoms. The predicted octanol–water partition coefficient (Wildman–Crippen LogP) is 3.09. The summed E-state index contributed by atoms with van der Waals surface area (Å²) in [6.45, 7) is 6.89. The fourth-order valence-electron chi connectivity index (χ4n) is 1.80. The number of carbonyl (C=O) groups is 1. The van der Waals surface area contributed by atoms with Gasteiger partial charge >= 0.3 is 6.03 Å². The Hall–Kier alpha value is -1.51. The molecule has 17 heavy (non-hydrogen) atoms. The van der Waals surface area contributed by atoms with Crippen molar-refractivity contribution in [2.45, 2.75) is 33.2 Å². The van der Waals surface area contributed by atoms with Gasteiger partial charge in [-0.2, -0.15) is 0 Å². The Labute approximate surface area is 104 Å². The Balaban J connectivity index is 2.70. The maximum absolute atomic E-state index is 11.6. The van der Waals surface area contributed by atoms with Crippen molar-refractivity contribution in [2.75, 3.05) is 6.54 Å². The molecule has 0 heterocycles. The summed E-state index contributed by atoms with van der Waals surface area (Å²) >= 11 is 0. The van der Waals surface area contributed by atoms with Crippen molar-refractivity contribution in [3.8, 4) is 0 Å². The Bertz CT molecular complexity index is 335. The van der Waals surface area contributed by atoms with Gasteiger partial charge in [0.05, 0.1) is 6.04 Å². The fourth-order valence-corrected chi connectivity index (χ4v) is 1.80. The van der Waals surface area contributed by atoms with Gasteiger partial charge < -0.3 is 10.6 Å². The minimum Gasteiger partial charge on any atom is -0.338 e. The number of benzene rings is 1. The van der Waals surface area contributed by atoms with Crippen molar-refractivity contribution in [1.29, 1.82) is 0 Å². The van der Waals surface area contributed by atoms with E-state index in [0.717, 1.165) is 12.0 Å². The molecule has 0 radical (unpaired) electrons. The molecule has 1 aromatic rings. The van der Waals surface area contributed by atoms with Gasteiger partial charge in [0.1, 0.15) is 0 Å². The number of nitrogens with one attached hydrogen (secondary N) is 2. The predicted molar refractivity (Wildman–Crippen MR) is 70.8 cm³/mol. The van der Waals surface area contributed by atoms with Crippen LogP contribution in [0.4, 0.5) is 4.79 Å². The highest BCUT2D eigenvalue weighted by Crippen LogP contribution is 2.20. The summed E-state index contributed by atoms with van der Waals surface area (Å²) in [6.07, 6.45) is 0.946. The first-order valence-corrected chi connectivity index (χ1v) is 6.22. The molecule has 0 bridgehead atoms. The van der Waals surface area contributed by atoms with Crippen molar-refractivity contribution in [2.24, 2.45) is 5.92 Å². The second-order valence-electron chi connectivity index (χ2n) is 4.60. The summed E-state index contributed by atoms with van der Waals surface area (Å²) in [5, 5.41) is 5.78. The third-order valence-electron chi connectivity index (χ3n) is 2.55. The van der Waals surface area contributed by atoms with E-state index in [1.54, 1.807) is 0 Å². The van der Waals surface area contributed by atoms with Gasteiger partial charge in [0.2, 0.25) is 0 Å². The average molecular weight is 234 g/mol. The van der Waals surface area contributed by atoms with Gasteiger partial charge in [-0.25, -0.2) is 4.79 Å². The normalized spacial score (nSPS) is 12.2. The lowest BCUT2D eigenvalue weighted by molar-refractivity contribution is 0.235. The van der Waals surface area contributed by atoms with E-state index in [1.165, 1.54) is 0 Å². The summed E-state index contributed by atoms with van der Waals surface area (Å²) in [7, 11) is 0. The number of hydrogen-bond donors (Lipinski definition) is 2. The van der Waals surface area contributed by atoms with Crippen LogP contribution in [-0.2, 0) is 0 Å². The van der Waals surface area contributed by atoms with Crippen molar-refractivity contribution in [3.63, 3.8) is 0 Å². The van der Waals surface area contributed by atoms with E-state index in [1.807, 2.05) is 25.1 Å². The number of hydrogen-bond acceptors (Lipinski definition) is 1. The van der Waals surface area contributed by atoms with Crippen LogP contribution < -0.4 is 10.6 Å². The van der Waals surface area contributed by atoms with Crippen LogP contribution in [0.3, 0.4) is 0 Å². The van der Waals surface area contributed by atoms with Crippen molar-refractivity contribution in [3.05, 3.63) is 35.9 Å². The highest BCUT2D eigenvalue weighted by Gasteiger charge is 2.15. The topological polar surface area (TPSA) is 41.1 Å². The molecule has 0 saturated heterocycles. The first kappa shape index (κ1) is 13.6. The summed E-state index contributed by atoms with van der Waals surface area (Å²) < 4.78 is 0. The quantitative estimate of drug-likeness (QED) is 0.807. The van der Waals surface area contributed by atoms with Gasteiger partial charge in [0.25, 0.3) is 0 Å². The first-order chi connectivity index (χ1) is 8.13. The lowest BCUT2D eigenvalue weighted by Crippen LogP contribution is -2.38. The smallest absolute Gasteiger partial charge is 0.315 e. The highest BCUT2D eigenvalue weighted by molar-refractivity contribution is 5.74. The van der Waals surface area contributed by atoms with Gasteiger partial charge in [-0.15, -0.1) is 0 Å². The Morgan fingerprint density at radius 3 is 2.41 bits per heavy atom. The largest absolute Gasteiger partial charge is 0.338 e. The van der Waals surface area contributed by atoms with Crippen molar-refractivity contribution < 1.29 is 4.79 Å². The Morgan fingerprint density at radius 2 is 1.88 bits per heavy atom.